The van der Waals surface area contributed by atoms with Crippen LogP contribution in [0.1, 0.15) is 32.6 Å². The monoisotopic (exact) mass is 223 g/mol. The molecule has 1 fully saturated rings. The lowest BCUT2D eigenvalue weighted by Crippen LogP contribution is -2.15. The molecule has 0 amide bonds. The zero-order chi connectivity index (χ0) is 10.7. The SMILES string of the molecule is CC1CCCC(Sc2ncc(N)cn2)C1. The normalized spacial score (nSPS) is 26.5. The Bertz CT molecular complexity index is 312. The molecular weight excluding hydrogens is 206 g/mol. The van der Waals surface area contributed by atoms with Crippen LogP contribution in [0.3, 0.4) is 0 Å². The Balaban J connectivity index is 1.93. The van der Waals surface area contributed by atoms with Crippen LogP contribution in [0.5, 0.6) is 0 Å². The van der Waals surface area contributed by atoms with Crippen molar-refractivity contribution in [2.45, 2.75) is 43.0 Å². The first-order chi connectivity index (χ1) is 7.24. The molecule has 1 heterocycles. The van der Waals surface area contributed by atoms with Crippen LogP contribution in [0.25, 0.3) is 0 Å². The minimum atomic E-state index is 0.636. The van der Waals surface area contributed by atoms with Gasteiger partial charge in [-0.15, -0.1) is 0 Å². The van der Waals surface area contributed by atoms with Gasteiger partial charge in [-0.2, -0.15) is 0 Å². The third kappa shape index (κ3) is 3.09. The van der Waals surface area contributed by atoms with Gasteiger partial charge >= 0.3 is 0 Å². The van der Waals surface area contributed by atoms with Crippen LogP contribution in [0.2, 0.25) is 0 Å². The molecule has 0 bridgehead atoms. The highest BCUT2D eigenvalue weighted by molar-refractivity contribution is 7.99. The number of aromatic nitrogens is 2. The second kappa shape index (κ2) is 4.84. The number of nitrogen functional groups attached to an aromatic ring is 1. The molecule has 0 aromatic carbocycles. The van der Waals surface area contributed by atoms with Crippen molar-refractivity contribution in [2.24, 2.45) is 5.92 Å². The molecule has 1 aliphatic carbocycles. The van der Waals surface area contributed by atoms with E-state index >= 15 is 0 Å². The highest BCUT2D eigenvalue weighted by Gasteiger charge is 2.20. The summed E-state index contributed by atoms with van der Waals surface area (Å²) in [7, 11) is 0. The smallest absolute Gasteiger partial charge is 0.187 e. The number of nitrogens with two attached hydrogens (primary N) is 1. The molecule has 1 saturated carbocycles. The average molecular weight is 223 g/mol. The van der Waals surface area contributed by atoms with E-state index in [2.05, 4.69) is 16.9 Å². The van der Waals surface area contributed by atoms with E-state index in [0.717, 1.165) is 11.1 Å². The highest BCUT2D eigenvalue weighted by atomic mass is 32.2. The predicted molar refractivity (Wildman–Crippen MR) is 63.7 cm³/mol. The van der Waals surface area contributed by atoms with E-state index in [4.69, 9.17) is 5.73 Å². The van der Waals surface area contributed by atoms with Gasteiger partial charge in [0, 0.05) is 5.25 Å². The maximum absolute atomic E-state index is 5.55. The first-order valence-corrected chi connectivity index (χ1v) is 6.36. The fraction of sp³-hybridized carbons (Fsp3) is 0.636. The molecule has 2 N–H and O–H groups in total. The molecular formula is C11H17N3S. The van der Waals surface area contributed by atoms with Crippen molar-refractivity contribution >= 4 is 17.4 Å². The molecule has 4 heteroatoms. The van der Waals surface area contributed by atoms with E-state index < -0.39 is 0 Å². The summed E-state index contributed by atoms with van der Waals surface area (Å²) in [6.45, 7) is 2.33. The molecule has 0 radical (unpaired) electrons. The van der Waals surface area contributed by atoms with E-state index in [9.17, 15) is 0 Å². The van der Waals surface area contributed by atoms with Crippen LogP contribution in [-0.4, -0.2) is 15.2 Å². The van der Waals surface area contributed by atoms with Crippen LogP contribution in [0, 0.1) is 5.92 Å². The fourth-order valence-corrected chi connectivity index (χ4v) is 3.26. The molecule has 0 spiro atoms. The van der Waals surface area contributed by atoms with Gasteiger partial charge < -0.3 is 5.73 Å². The minimum absolute atomic E-state index is 0.636. The lowest BCUT2D eigenvalue weighted by Gasteiger charge is -2.25. The van der Waals surface area contributed by atoms with Crippen LogP contribution in [0.15, 0.2) is 17.6 Å². The molecule has 3 nitrogen and oxygen atoms in total. The van der Waals surface area contributed by atoms with Gasteiger partial charge in [0.15, 0.2) is 5.16 Å². The van der Waals surface area contributed by atoms with E-state index in [0.29, 0.717) is 10.9 Å². The summed E-state index contributed by atoms with van der Waals surface area (Å²) < 4.78 is 0. The molecule has 2 unspecified atom stereocenters. The number of hydrogen-bond acceptors (Lipinski definition) is 4. The van der Waals surface area contributed by atoms with Crippen LogP contribution < -0.4 is 5.73 Å². The van der Waals surface area contributed by atoms with Crippen molar-refractivity contribution in [1.29, 1.82) is 0 Å². The molecule has 2 atom stereocenters. The topological polar surface area (TPSA) is 51.8 Å². The Kier molecular flexibility index (Phi) is 3.46. The van der Waals surface area contributed by atoms with E-state index in [1.807, 2.05) is 0 Å². The maximum atomic E-state index is 5.55. The number of anilines is 1. The summed E-state index contributed by atoms with van der Waals surface area (Å²) in [5.74, 6) is 0.852. The van der Waals surface area contributed by atoms with Crippen LogP contribution in [0.4, 0.5) is 5.69 Å². The van der Waals surface area contributed by atoms with Crippen LogP contribution in [-0.2, 0) is 0 Å². The molecule has 1 aliphatic rings. The van der Waals surface area contributed by atoms with E-state index in [1.54, 1.807) is 24.2 Å². The average Bonchev–Trinajstić information content (AvgIpc) is 2.22. The Morgan fingerprint density at radius 2 is 2.07 bits per heavy atom. The lowest BCUT2D eigenvalue weighted by molar-refractivity contribution is 0.394. The molecule has 15 heavy (non-hydrogen) atoms. The Hall–Kier alpha value is -0.770. The number of thioether (sulfide) groups is 1. The standard InChI is InChI=1S/C11H17N3S/c1-8-3-2-4-10(5-8)15-11-13-6-9(12)7-14-11/h6-8,10H,2-5,12H2,1H3. The summed E-state index contributed by atoms with van der Waals surface area (Å²) in [5, 5.41) is 1.56. The first-order valence-electron chi connectivity index (χ1n) is 5.48. The first kappa shape index (κ1) is 10.7. The number of rotatable bonds is 2. The van der Waals surface area contributed by atoms with Gasteiger partial charge in [-0.1, -0.05) is 31.5 Å². The summed E-state index contributed by atoms with van der Waals surface area (Å²) in [5.41, 5.74) is 6.18. The second-order valence-electron chi connectivity index (χ2n) is 4.31. The van der Waals surface area contributed by atoms with Crippen molar-refractivity contribution in [3.05, 3.63) is 12.4 Å². The lowest BCUT2D eigenvalue weighted by atomic mass is 9.91. The van der Waals surface area contributed by atoms with E-state index in [-0.39, 0.29) is 0 Å². The van der Waals surface area contributed by atoms with Crippen molar-refractivity contribution in [3.8, 4) is 0 Å². The second-order valence-corrected chi connectivity index (χ2v) is 5.58. The maximum Gasteiger partial charge on any atom is 0.187 e. The minimum Gasteiger partial charge on any atom is -0.396 e. The summed E-state index contributed by atoms with van der Waals surface area (Å²) >= 11 is 1.80. The van der Waals surface area contributed by atoms with E-state index in [1.165, 1.54) is 25.7 Å². The molecule has 0 aliphatic heterocycles. The Morgan fingerprint density at radius 1 is 1.33 bits per heavy atom. The third-order valence-electron chi connectivity index (χ3n) is 2.81. The van der Waals surface area contributed by atoms with Gasteiger partial charge in [-0.3, -0.25) is 0 Å². The van der Waals surface area contributed by atoms with Crippen molar-refractivity contribution < 1.29 is 0 Å². The van der Waals surface area contributed by atoms with Gasteiger partial charge in [-0.05, 0) is 18.8 Å². The molecule has 82 valence electrons. The fourth-order valence-electron chi connectivity index (χ4n) is 2.02. The van der Waals surface area contributed by atoms with Gasteiger partial charge in [0.2, 0.25) is 0 Å². The van der Waals surface area contributed by atoms with Crippen LogP contribution >= 0.6 is 11.8 Å². The Labute approximate surface area is 94.9 Å². The molecule has 0 saturated heterocycles. The van der Waals surface area contributed by atoms with Gasteiger partial charge in [0.25, 0.3) is 0 Å². The van der Waals surface area contributed by atoms with Crippen molar-refractivity contribution in [2.75, 3.05) is 5.73 Å². The summed E-state index contributed by atoms with van der Waals surface area (Å²) in [6, 6.07) is 0. The molecule has 1 aromatic heterocycles. The zero-order valence-corrected chi connectivity index (χ0v) is 9.83. The number of hydrogen-bond donors (Lipinski definition) is 1. The number of nitrogens with zero attached hydrogens (tertiary/aromatic N) is 2. The summed E-state index contributed by atoms with van der Waals surface area (Å²) in [6.07, 6.45) is 8.66. The van der Waals surface area contributed by atoms with Crippen molar-refractivity contribution in [1.82, 2.24) is 9.97 Å². The molecule has 1 aromatic rings. The summed E-state index contributed by atoms with van der Waals surface area (Å²) in [4.78, 5) is 8.45. The van der Waals surface area contributed by atoms with Gasteiger partial charge in [0.05, 0.1) is 18.1 Å². The largest absolute Gasteiger partial charge is 0.396 e. The zero-order valence-electron chi connectivity index (χ0n) is 9.02. The third-order valence-corrected chi connectivity index (χ3v) is 3.99. The predicted octanol–water partition coefficient (Wildman–Crippen LogP) is 2.73. The van der Waals surface area contributed by atoms with Crippen molar-refractivity contribution in [3.63, 3.8) is 0 Å². The quantitative estimate of drug-likeness (QED) is 0.783. The Morgan fingerprint density at radius 3 is 2.73 bits per heavy atom. The molecule has 2 rings (SSSR count). The van der Waals surface area contributed by atoms with Gasteiger partial charge in [-0.25, -0.2) is 9.97 Å². The van der Waals surface area contributed by atoms with Gasteiger partial charge in [0.1, 0.15) is 0 Å². The highest BCUT2D eigenvalue weighted by Crippen LogP contribution is 2.34.